The van der Waals surface area contributed by atoms with E-state index in [9.17, 15) is 9.59 Å². The summed E-state index contributed by atoms with van der Waals surface area (Å²) in [6.07, 6.45) is 2.83. The lowest BCUT2D eigenvalue weighted by atomic mass is 9.83. The van der Waals surface area contributed by atoms with Crippen molar-refractivity contribution in [2.45, 2.75) is 52.4 Å². The van der Waals surface area contributed by atoms with Crippen molar-refractivity contribution < 1.29 is 9.59 Å². The van der Waals surface area contributed by atoms with Gasteiger partial charge >= 0.3 is 0 Å². The van der Waals surface area contributed by atoms with Crippen LogP contribution in [0.15, 0.2) is 30.3 Å². The first-order valence-electron chi connectivity index (χ1n) is 9.49. The Hall–Kier alpha value is -1.84. The van der Waals surface area contributed by atoms with Gasteiger partial charge in [-0.3, -0.25) is 9.59 Å². The highest BCUT2D eigenvalue weighted by Crippen LogP contribution is 2.26. The van der Waals surface area contributed by atoms with Crippen LogP contribution in [0.1, 0.15) is 52.5 Å². The first-order valence-corrected chi connectivity index (χ1v) is 9.49. The molecule has 1 aliphatic rings. The second-order valence-electron chi connectivity index (χ2n) is 7.76. The van der Waals surface area contributed by atoms with Gasteiger partial charge in [0, 0.05) is 32.6 Å². The van der Waals surface area contributed by atoms with E-state index < -0.39 is 5.41 Å². The smallest absolute Gasteiger partial charge is 0.232 e. The Kier molecular flexibility index (Phi) is 6.63. The topological polar surface area (TPSA) is 40.6 Å². The fourth-order valence-electron chi connectivity index (χ4n) is 3.55. The zero-order valence-corrected chi connectivity index (χ0v) is 16.1. The molecule has 0 radical (unpaired) electrons. The Labute approximate surface area is 152 Å². The van der Waals surface area contributed by atoms with Crippen LogP contribution in [-0.4, -0.2) is 47.8 Å². The molecule has 1 fully saturated rings. The van der Waals surface area contributed by atoms with Crippen LogP contribution in [0.2, 0.25) is 0 Å². The summed E-state index contributed by atoms with van der Waals surface area (Å²) in [5.41, 5.74) is 0.496. The molecule has 0 aromatic heterocycles. The van der Waals surface area contributed by atoms with Crippen LogP contribution in [0.4, 0.5) is 0 Å². The zero-order valence-electron chi connectivity index (χ0n) is 16.1. The Balaban J connectivity index is 1.91. The van der Waals surface area contributed by atoms with Gasteiger partial charge in [0.1, 0.15) is 0 Å². The summed E-state index contributed by atoms with van der Waals surface area (Å²) in [6, 6.07) is 9.92. The summed E-state index contributed by atoms with van der Waals surface area (Å²) in [5, 5.41) is 0. The number of carbonyl (C=O) groups is 2. The molecule has 0 aliphatic carbocycles. The molecule has 1 aliphatic heterocycles. The minimum Gasteiger partial charge on any atom is -0.339 e. The van der Waals surface area contributed by atoms with E-state index in [4.69, 9.17) is 0 Å². The summed E-state index contributed by atoms with van der Waals surface area (Å²) in [4.78, 5) is 29.2. The van der Waals surface area contributed by atoms with E-state index in [0.29, 0.717) is 38.5 Å². The number of amides is 2. The SMILES string of the molecule is CCCC(C)CC(=O)N1CCN(C(=O)C(C)(C)c2ccccc2)CC1. The largest absolute Gasteiger partial charge is 0.339 e. The highest BCUT2D eigenvalue weighted by atomic mass is 16.2. The van der Waals surface area contributed by atoms with E-state index in [0.717, 1.165) is 18.4 Å². The summed E-state index contributed by atoms with van der Waals surface area (Å²) in [6.45, 7) is 10.8. The average molecular weight is 344 g/mol. The lowest BCUT2D eigenvalue weighted by Crippen LogP contribution is -2.54. The minimum absolute atomic E-state index is 0.144. The Morgan fingerprint density at radius 1 is 1.04 bits per heavy atom. The fraction of sp³-hybridized carbons (Fsp3) is 0.619. The number of hydrogen-bond donors (Lipinski definition) is 0. The fourth-order valence-corrected chi connectivity index (χ4v) is 3.55. The molecule has 25 heavy (non-hydrogen) atoms. The molecule has 1 heterocycles. The molecule has 1 aromatic rings. The van der Waals surface area contributed by atoms with Gasteiger partial charge in [0.05, 0.1) is 5.41 Å². The van der Waals surface area contributed by atoms with Gasteiger partial charge in [0.25, 0.3) is 0 Å². The molecule has 2 amide bonds. The predicted octanol–water partition coefficient (Wildman–Crippen LogP) is 3.46. The third kappa shape index (κ3) is 4.83. The van der Waals surface area contributed by atoms with Gasteiger partial charge in [-0.05, 0) is 25.3 Å². The van der Waals surface area contributed by atoms with E-state index in [2.05, 4.69) is 13.8 Å². The van der Waals surface area contributed by atoms with E-state index in [-0.39, 0.29) is 11.8 Å². The van der Waals surface area contributed by atoms with Crippen molar-refractivity contribution in [1.82, 2.24) is 9.80 Å². The number of hydrogen-bond acceptors (Lipinski definition) is 2. The Morgan fingerprint density at radius 3 is 2.16 bits per heavy atom. The van der Waals surface area contributed by atoms with Gasteiger partial charge in [-0.2, -0.15) is 0 Å². The molecule has 1 unspecified atom stereocenters. The van der Waals surface area contributed by atoms with Crippen LogP contribution in [0.25, 0.3) is 0 Å². The summed E-state index contributed by atoms with van der Waals surface area (Å²) >= 11 is 0. The van der Waals surface area contributed by atoms with Crippen molar-refractivity contribution in [2.24, 2.45) is 5.92 Å². The van der Waals surface area contributed by atoms with Crippen molar-refractivity contribution in [2.75, 3.05) is 26.2 Å². The molecule has 0 N–H and O–H groups in total. The van der Waals surface area contributed by atoms with E-state index >= 15 is 0 Å². The zero-order chi connectivity index (χ0) is 18.4. The third-order valence-corrected chi connectivity index (χ3v) is 5.25. The quantitative estimate of drug-likeness (QED) is 0.793. The second-order valence-corrected chi connectivity index (χ2v) is 7.76. The predicted molar refractivity (Wildman–Crippen MR) is 101 cm³/mol. The molecule has 0 bridgehead atoms. The van der Waals surface area contributed by atoms with Gasteiger partial charge in [0.2, 0.25) is 11.8 Å². The number of carbonyl (C=O) groups excluding carboxylic acids is 2. The maximum absolute atomic E-state index is 13.0. The van der Waals surface area contributed by atoms with E-state index in [1.807, 2.05) is 54.0 Å². The standard InChI is InChI=1S/C21H32N2O2/c1-5-9-17(2)16-19(24)22-12-14-23(15-13-22)20(25)21(3,4)18-10-7-6-8-11-18/h6-8,10-11,17H,5,9,12-16H2,1-4H3. The van der Waals surface area contributed by atoms with Crippen LogP contribution >= 0.6 is 0 Å². The summed E-state index contributed by atoms with van der Waals surface area (Å²) in [7, 11) is 0. The number of nitrogens with zero attached hydrogens (tertiary/aromatic N) is 2. The van der Waals surface area contributed by atoms with Crippen molar-refractivity contribution >= 4 is 11.8 Å². The highest BCUT2D eigenvalue weighted by molar-refractivity contribution is 5.87. The molecule has 2 rings (SSSR count). The van der Waals surface area contributed by atoms with Crippen LogP contribution in [0, 0.1) is 5.92 Å². The van der Waals surface area contributed by atoms with Gasteiger partial charge in [-0.25, -0.2) is 0 Å². The molecule has 4 nitrogen and oxygen atoms in total. The van der Waals surface area contributed by atoms with Gasteiger partial charge < -0.3 is 9.80 Å². The van der Waals surface area contributed by atoms with Crippen molar-refractivity contribution in [1.29, 1.82) is 0 Å². The van der Waals surface area contributed by atoms with Crippen LogP contribution < -0.4 is 0 Å². The average Bonchev–Trinajstić information content (AvgIpc) is 2.62. The van der Waals surface area contributed by atoms with Crippen LogP contribution in [0.3, 0.4) is 0 Å². The number of rotatable bonds is 6. The van der Waals surface area contributed by atoms with Gasteiger partial charge in [0.15, 0.2) is 0 Å². The first kappa shape index (κ1) is 19.5. The molecule has 4 heteroatoms. The molecule has 1 atom stereocenters. The maximum atomic E-state index is 13.0. The van der Waals surface area contributed by atoms with Crippen molar-refractivity contribution in [3.05, 3.63) is 35.9 Å². The lowest BCUT2D eigenvalue weighted by molar-refractivity contribution is -0.143. The van der Waals surface area contributed by atoms with Gasteiger partial charge in [-0.1, -0.05) is 57.0 Å². The van der Waals surface area contributed by atoms with Crippen molar-refractivity contribution in [3.8, 4) is 0 Å². The molecule has 138 valence electrons. The Morgan fingerprint density at radius 2 is 1.60 bits per heavy atom. The highest BCUT2D eigenvalue weighted by Gasteiger charge is 2.35. The number of benzene rings is 1. The van der Waals surface area contributed by atoms with E-state index in [1.165, 1.54) is 0 Å². The van der Waals surface area contributed by atoms with Gasteiger partial charge in [-0.15, -0.1) is 0 Å². The maximum Gasteiger partial charge on any atom is 0.232 e. The lowest BCUT2D eigenvalue weighted by Gasteiger charge is -2.39. The molecule has 0 saturated carbocycles. The van der Waals surface area contributed by atoms with Crippen molar-refractivity contribution in [3.63, 3.8) is 0 Å². The van der Waals surface area contributed by atoms with Crippen LogP contribution in [-0.2, 0) is 15.0 Å². The third-order valence-electron chi connectivity index (χ3n) is 5.25. The Bertz CT molecular complexity index is 575. The minimum atomic E-state index is -0.539. The molecular formula is C21H32N2O2. The molecule has 1 aromatic carbocycles. The molecule has 1 saturated heterocycles. The number of piperazine rings is 1. The van der Waals surface area contributed by atoms with Crippen LogP contribution in [0.5, 0.6) is 0 Å². The second kappa shape index (κ2) is 8.50. The molecular weight excluding hydrogens is 312 g/mol. The monoisotopic (exact) mass is 344 g/mol. The van der Waals surface area contributed by atoms with E-state index in [1.54, 1.807) is 0 Å². The molecule has 0 spiro atoms. The summed E-state index contributed by atoms with van der Waals surface area (Å²) < 4.78 is 0. The normalized spacial score (nSPS) is 16.6. The first-order chi connectivity index (χ1) is 11.9. The summed E-state index contributed by atoms with van der Waals surface area (Å²) in [5.74, 6) is 0.815.